The molecule has 2 aromatic carbocycles. The van der Waals surface area contributed by atoms with Gasteiger partial charge in [-0.15, -0.1) is 0 Å². The highest BCUT2D eigenvalue weighted by atomic mass is 16.5. The summed E-state index contributed by atoms with van der Waals surface area (Å²) >= 11 is 0. The van der Waals surface area contributed by atoms with Crippen LogP contribution in [0.2, 0.25) is 0 Å². The van der Waals surface area contributed by atoms with Gasteiger partial charge in [-0.25, -0.2) is 4.79 Å². The highest BCUT2D eigenvalue weighted by Crippen LogP contribution is 2.24. The van der Waals surface area contributed by atoms with Gasteiger partial charge in [-0.05, 0) is 29.7 Å². The maximum absolute atomic E-state index is 11.7. The molecule has 0 heterocycles. The van der Waals surface area contributed by atoms with E-state index in [2.05, 4.69) is 10.6 Å². The minimum Gasteiger partial charge on any atom is -0.495 e. The Morgan fingerprint density at radius 3 is 2.57 bits per heavy atom. The lowest BCUT2D eigenvalue weighted by atomic mass is 10.1. The second kappa shape index (κ2) is 8.68. The lowest BCUT2D eigenvalue weighted by Crippen LogP contribution is -2.26. The third kappa shape index (κ3) is 5.21. The maximum atomic E-state index is 11.7. The Bertz CT molecular complexity index is 629. The summed E-state index contributed by atoms with van der Waals surface area (Å²) in [5, 5.41) is 5.84. The van der Waals surface area contributed by atoms with Crippen LogP contribution in [0.3, 0.4) is 0 Å². The minimum absolute atomic E-state index is 0.277. The van der Waals surface area contributed by atoms with Gasteiger partial charge in [-0.3, -0.25) is 0 Å². The number of carbonyl (C=O) groups is 1. The Hall–Kier alpha value is -2.69. The van der Waals surface area contributed by atoms with Crippen molar-refractivity contribution in [2.24, 2.45) is 0 Å². The fourth-order valence-electron chi connectivity index (χ4n) is 2.19. The molecule has 0 aliphatic rings. The monoisotopic (exact) mass is 314 g/mol. The first kappa shape index (κ1) is 16.7. The van der Waals surface area contributed by atoms with E-state index in [-0.39, 0.29) is 6.61 Å². The van der Waals surface area contributed by atoms with Crippen molar-refractivity contribution in [2.75, 3.05) is 26.0 Å². The predicted molar refractivity (Wildman–Crippen MR) is 90.9 cm³/mol. The van der Waals surface area contributed by atoms with Gasteiger partial charge in [-0.2, -0.15) is 0 Å². The van der Waals surface area contributed by atoms with Crippen LogP contribution in [0.5, 0.6) is 5.75 Å². The van der Waals surface area contributed by atoms with Crippen molar-refractivity contribution in [2.45, 2.75) is 13.0 Å². The molecule has 2 aromatic rings. The molecule has 23 heavy (non-hydrogen) atoms. The zero-order chi connectivity index (χ0) is 16.5. The molecule has 0 aliphatic carbocycles. The predicted octanol–water partition coefficient (Wildman–Crippen LogP) is 3.21. The normalized spacial score (nSPS) is 10.0. The number of anilines is 1. The van der Waals surface area contributed by atoms with Crippen molar-refractivity contribution in [1.29, 1.82) is 0 Å². The number of benzene rings is 2. The summed E-state index contributed by atoms with van der Waals surface area (Å²) in [7, 11) is 3.49. The first-order chi connectivity index (χ1) is 11.2. The summed E-state index contributed by atoms with van der Waals surface area (Å²) in [5.41, 5.74) is 3.01. The van der Waals surface area contributed by atoms with Crippen molar-refractivity contribution in [3.63, 3.8) is 0 Å². The van der Waals surface area contributed by atoms with Gasteiger partial charge in [0.1, 0.15) is 12.4 Å². The maximum Gasteiger partial charge on any atom is 0.407 e. The Morgan fingerprint density at radius 2 is 1.87 bits per heavy atom. The number of hydrogen-bond donors (Lipinski definition) is 2. The summed E-state index contributed by atoms with van der Waals surface area (Å²) in [6, 6.07) is 15.5. The summed E-state index contributed by atoms with van der Waals surface area (Å²) in [4.78, 5) is 11.7. The molecule has 0 unspecified atom stereocenters. The van der Waals surface area contributed by atoms with Crippen LogP contribution >= 0.6 is 0 Å². The molecule has 0 atom stereocenters. The largest absolute Gasteiger partial charge is 0.495 e. The zero-order valence-electron chi connectivity index (χ0n) is 13.5. The highest BCUT2D eigenvalue weighted by molar-refractivity contribution is 5.67. The Labute approximate surface area is 136 Å². The number of hydrogen-bond acceptors (Lipinski definition) is 4. The van der Waals surface area contributed by atoms with Crippen LogP contribution in [0.25, 0.3) is 0 Å². The van der Waals surface area contributed by atoms with E-state index in [9.17, 15) is 4.79 Å². The Kier molecular flexibility index (Phi) is 6.29. The molecule has 1 amide bonds. The van der Waals surface area contributed by atoms with Crippen molar-refractivity contribution in [3.05, 3.63) is 59.7 Å². The van der Waals surface area contributed by atoms with E-state index in [0.717, 1.165) is 29.0 Å². The average Bonchev–Trinajstić information content (AvgIpc) is 2.60. The molecule has 0 bridgehead atoms. The molecule has 0 saturated carbocycles. The molecule has 0 radical (unpaired) electrons. The lowest BCUT2D eigenvalue weighted by molar-refractivity contribution is 0.140. The van der Waals surface area contributed by atoms with Gasteiger partial charge in [0.05, 0.1) is 12.8 Å². The van der Waals surface area contributed by atoms with Crippen molar-refractivity contribution in [1.82, 2.24) is 5.32 Å². The van der Waals surface area contributed by atoms with E-state index in [1.807, 2.05) is 55.6 Å². The second-order valence-corrected chi connectivity index (χ2v) is 5.02. The molecule has 2 rings (SSSR count). The zero-order valence-corrected chi connectivity index (χ0v) is 13.5. The van der Waals surface area contributed by atoms with Crippen LogP contribution in [-0.2, 0) is 17.8 Å². The van der Waals surface area contributed by atoms with E-state index in [1.54, 1.807) is 7.11 Å². The molecule has 2 N–H and O–H groups in total. The standard InChI is InChI=1S/C18H22N2O3/c1-19-16-12-14(8-9-17(16)22-2)10-11-20-18(21)23-13-15-6-4-3-5-7-15/h3-9,12,19H,10-11,13H2,1-2H3,(H,20,21). The van der Waals surface area contributed by atoms with Gasteiger partial charge in [0, 0.05) is 13.6 Å². The van der Waals surface area contributed by atoms with E-state index in [1.165, 1.54) is 0 Å². The van der Waals surface area contributed by atoms with Gasteiger partial charge in [0.2, 0.25) is 0 Å². The van der Waals surface area contributed by atoms with Gasteiger partial charge in [0.15, 0.2) is 0 Å². The molecular weight excluding hydrogens is 292 g/mol. The van der Waals surface area contributed by atoms with Crippen molar-refractivity contribution < 1.29 is 14.3 Å². The van der Waals surface area contributed by atoms with Gasteiger partial charge >= 0.3 is 6.09 Å². The number of alkyl carbamates (subject to hydrolysis) is 1. The summed E-state index contributed by atoms with van der Waals surface area (Å²) in [5.74, 6) is 0.798. The highest BCUT2D eigenvalue weighted by Gasteiger charge is 2.05. The Morgan fingerprint density at radius 1 is 1.09 bits per heavy atom. The first-order valence-electron chi connectivity index (χ1n) is 7.52. The van der Waals surface area contributed by atoms with E-state index >= 15 is 0 Å². The van der Waals surface area contributed by atoms with Crippen LogP contribution in [0, 0.1) is 0 Å². The summed E-state index contributed by atoms with van der Waals surface area (Å²) in [6.07, 6.45) is 0.315. The van der Waals surface area contributed by atoms with Crippen LogP contribution in [-0.4, -0.2) is 26.8 Å². The van der Waals surface area contributed by atoms with Crippen LogP contribution in [0.1, 0.15) is 11.1 Å². The molecule has 0 fully saturated rings. The van der Waals surface area contributed by atoms with Crippen molar-refractivity contribution in [3.8, 4) is 5.75 Å². The molecule has 5 heteroatoms. The smallest absolute Gasteiger partial charge is 0.407 e. The average molecular weight is 314 g/mol. The van der Waals surface area contributed by atoms with Crippen LogP contribution in [0.4, 0.5) is 10.5 Å². The molecule has 0 spiro atoms. The lowest BCUT2D eigenvalue weighted by Gasteiger charge is -2.11. The molecule has 122 valence electrons. The van der Waals surface area contributed by atoms with E-state index in [4.69, 9.17) is 9.47 Å². The third-order valence-electron chi connectivity index (χ3n) is 3.43. The number of nitrogens with one attached hydrogen (secondary N) is 2. The van der Waals surface area contributed by atoms with Gasteiger partial charge < -0.3 is 20.1 Å². The van der Waals surface area contributed by atoms with Crippen LogP contribution in [0.15, 0.2) is 48.5 Å². The number of rotatable bonds is 7. The molecular formula is C18H22N2O3. The van der Waals surface area contributed by atoms with E-state index < -0.39 is 6.09 Å². The summed E-state index contributed by atoms with van der Waals surface area (Å²) < 4.78 is 10.4. The third-order valence-corrected chi connectivity index (χ3v) is 3.43. The molecule has 5 nitrogen and oxygen atoms in total. The fourth-order valence-corrected chi connectivity index (χ4v) is 2.19. The minimum atomic E-state index is -0.406. The number of methoxy groups -OCH3 is 1. The second-order valence-electron chi connectivity index (χ2n) is 5.02. The number of ether oxygens (including phenoxy) is 2. The van der Waals surface area contributed by atoms with Gasteiger partial charge in [-0.1, -0.05) is 36.4 Å². The molecule has 0 aliphatic heterocycles. The number of amides is 1. The summed E-state index contributed by atoms with van der Waals surface area (Å²) in [6.45, 7) is 0.794. The molecule has 0 aromatic heterocycles. The van der Waals surface area contributed by atoms with Crippen molar-refractivity contribution >= 4 is 11.8 Å². The van der Waals surface area contributed by atoms with Gasteiger partial charge in [0.25, 0.3) is 0 Å². The fraction of sp³-hybridized carbons (Fsp3) is 0.278. The van der Waals surface area contributed by atoms with E-state index in [0.29, 0.717) is 6.54 Å². The molecule has 0 saturated heterocycles. The SMILES string of the molecule is CNc1cc(CCNC(=O)OCc2ccccc2)ccc1OC. The number of carbonyl (C=O) groups excluding carboxylic acids is 1. The quantitative estimate of drug-likeness (QED) is 0.824. The van der Waals surface area contributed by atoms with Crippen LogP contribution < -0.4 is 15.4 Å². The topological polar surface area (TPSA) is 59.6 Å². The first-order valence-corrected chi connectivity index (χ1v) is 7.52. The Balaban J connectivity index is 1.75.